The van der Waals surface area contributed by atoms with Crippen LogP contribution >= 0.6 is 27.3 Å². The molecule has 2 aromatic rings. The number of rotatable bonds is 8. The summed E-state index contributed by atoms with van der Waals surface area (Å²) in [5.41, 5.74) is 1.19. The third kappa shape index (κ3) is 5.67. The highest BCUT2D eigenvalue weighted by Gasteiger charge is 2.34. The molecule has 1 aromatic heterocycles. The smallest absolute Gasteiger partial charge is 0.335 e. The van der Waals surface area contributed by atoms with Crippen LogP contribution in [0, 0.1) is 5.82 Å². The fourth-order valence-corrected chi connectivity index (χ4v) is 5.17. The molecule has 0 spiro atoms. The molecular weight excluding hydrogens is 515 g/mol. The Morgan fingerprint density at radius 1 is 1.42 bits per heavy atom. The molecule has 33 heavy (non-hydrogen) atoms. The van der Waals surface area contributed by atoms with Crippen LogP contribution in [0.25, 0.3) is 0 Å². The number of aromatic nitrogens is 1. The average molecular weight is 539 g/mol. The summed E-state index contributed by atoms with van der Waals surface area (Å²) in [6.45, 7) is 2.29. The van der Waals surface area contributed by atoms with Crippen molar-refractivity contribution in [2.75, 3.05) is 32.8 Å². The third-order valence-electron chi connectivity index (χ3n) is 5.54. The molecule has 2 unspecified atom stereocenters. The number of hydrogen-bond acceptors (Lipinski definition) is 8. The van der Waals surface area contributed by atoms with Crippen LogP contribution in [0.3, 0.4) is 0 Å². The molecule has 0 aliphatic carbocycles. The van der Waals surface area contributed by atoms with E-state index in [9.17, 15) is 14.3 Å². The van der Waals surface area contributed by atoms with E-state index in [0.717, 1.165) is 6.42 Å². The fraction of sp³-hybridized carbons (Fsp3) is 0.409. The second-order valence-electron chi connectivity index (χ2n) is 7.80. The van der Waals surface area contributed by atoms with Crippen LogP contribution < -0.4 is 5.32 Å². The molecule has 1 saturated heterocycles. The largest absolute Gasteiger partial charge is 0.478 e. The highest BCUT2D eigenvalue weighted by Crippen LogP contribution is 2.36. The molecule has 176 valence electrons. The molecule has 4 rings (SSSR count). The Morgan fingerprint density at radius 3 is 2.97 bits per heavy atom. The lowest BCUT2D eigenvalue weighted by Gasteiger charge is -2.35. The molecular formula is C22H24BrFN4O4S. The van der Waals surface area contributed by atoms with Crippen molar-refractivity contribution < 1.29 is 24.1 Å². The van der Waals surface area contributed by atoms with Gasteiger partial charge in [-0.15, -0.1) is 11.3 Å². The number of aliphatic imine (C=N–C) groups is 1. The van der Waals surface area contributed by atoms with Gasteiger partial charge in [0.1, 0.15) is 11.9 Å². The highest BCUT2D eigenvalue weighted by atomic mass is 79.9. The number of amidine groups is 1. The van der Waals surface area contributed by atoms with Gasteiger partial charge in [0.05, 0.1) is 18.3 Å². The van der Waals surface area contributed by atoms with Gasteiger partial charge in [-0.25, -0.2) is 14.2 Å². The van der Waals surface area contributed by atoms with Gasteiger partial charge < -0.3 is 20.3 Å². The molecule has 3 heterocycles. The number of morpholine rings is 1. The predicted octanol–water partition coefficient (Wildman–Crippen LogP) is 2.95. The van der Waals surface area contributed by atoms with Gasteiger partial charge in [-0.2, -0.15) is 0 Å². The van der Waals surface area contributed by atoms with Gasteiger partial charge in [0, 0.05) is 48.0 Å². The van der Waals surface area contributed by atoms with E-state index in [1.807, 2.05) is 5.38 Å². The van der Waals surface area contributed by atoms with Crippen LogP contribution in [0.4, 0.5) is 4.39 Å². The van der Waals surface area contributed by atoms with E-state index in [2.05, 4.69) is 36.1 Å². The number of carbonyl (C=O) groups is 1. The summed E-state index contributed by atoms with van der Waals surface area (Å²) in [7, 11) is 0. The highest BCUT2D eigenvalue weighted by molar-refractivity contribution is 9.10. The van der Waals surface area contributed by atoms with Crippen LogP contribution in [-0.4, -0.2) is 70.9 Å². The van der Waals surface area contributed by atoms with Gasteiger partial charge in [0.15, 0.2) is 10.8 Å². The Balaban J connectivity index is 1.70. The molecule has 0 bridgehead atoms. The number of nitrogens with one attached hydrogen (secondary N) is 1. The van der Waals surface area contributed by atoms with E-state index in [0.29, 0.717) is 59.2 Å². The van der Waals surface area contributed by atoms with Crippen LogP contribution in [0.1, 0.15) is 29.5 Å². The van der Waals surface area contributed by atoms with E-state index < -0.39 is 17.8 Å². The number of carboxylic acid groups (broad SMARTS) is 1. The lowest BCUT2D eigenvalue weighted by molar-refractivity contribution is -0.133. The Morgan fingerprint density at radius 2 is 2.27 bits per heavy atom. The van der Waals surface area contributed by atoms with Crippen molar-refractivity contribution in [1.82, 2.24) is 15.2 Å². The quantitative estimate of drug-likeness (QED) is 0.474. The zero-order chi connectivity index (χ0) is 23.4. The summed E-state index contributed by atoms with van der Waals surface area (Å²) < 4.78 is 20.0. The van der Waals surface area contributed by atoms with Gasteiger partial charge in [-0.05, 0) is 30.5 Å². The number of ether oxygens (including phenoxy) is 1. The molecule has 2 atom stereocenters. The van der Waals surface area contributed by atoms with Crippen LogP contribution in [0.15, 0.2) is 50.5 Å². The van der Waals surface area contributed by atoms with Crippen molar-refractivity contribution in [2.24, 2.45) is 4.99 Å². The number of aliphatic hydroxyl groups excluding tert-OH is 1. The molecule has 0 saturated carbocycles. The molecule has 11 heteroatoms. The first kappa shape index (κ1) is 24.0. The third-order valence-corrected chi connectivity index (χ3v) is 7.00. The summed E-state index contributed by atoms with van der Waals surface area (Å²) in [5, 5.41) is 25.0. The van der Waals surface area contributed by atoms with Crippen molar-refractivity contribution in [2.45, 2.75) is 25.0 Å². The zero-order valence-electron chi connectivity index (χ0n) is 17.7. The summed E-state index contributed by atoms with van der Waals surface area (Å²) in [5.74, 6) is -1.03. The minimum atomic E-state index is -1.09. The fourth-order valence-electron chi connectivity index (χ4n) is 4.01. The summed E-state index contributed by atoms with van der Waals surface area (Å²) >= 11 is 4.77. The first-order valence-electron chi connectivity index (χ1n) is 10.6. The Labute approximate surface area is 202 Å². The average Bonchev–Trinajstić information content (AvgIpc) is 3.32. The first-order chi connectivity index (χ1) is 16.0. The Bertz CT molecular complexity index is 1060. The number of nitrogens with zero attached hydrogens (tertiary/aromatic N) is 3. The van der Waals surface area contributed by atoms with Crippen LogP contribution in [0.5, 0.6) is 0 Å². The normalized spacial score (nSPS) is 21.6. The van der Waals surface area contributed by atoms with E-state index in [1.54, 1.807) is 12.3 Å². The van der Waals surface area contributed by atoms with E-state index in [4.69, 9.17) is 9.84 Å². The maximum atomic E-state index is 13.7. The van der Waals surface area contributed by atoms with E-state index >= 15 is 0 Å². The number of halogens is 2. The van der Waals surface area contributed by atoms with Crippen LogP contribution in [-0.2, 0) is 9.53 Å². The van der Waals surface area contributed by atoms with E-state index in [-0.39, 0.29) is 18.3 Å². The molecule has 0 amide bonds. The number of aliphatic carboxylic acids is 1. The molecule has 2 aliphatic heterocycles. The van der Waals surface area contributed by atoms with Crippen molar-refractivity contribution in [3.8, 4) is 0 Å². The first-order valence-corrected chi connectivity index (χ1v) is 12.2. The summed E-state index contributed by atoms with van der Waals surface area (Å²) in [6.07, 6.45) is 3.04. The number of thiazole rings is 1. The van der Waals surface area contributed by atoms with Gasteiger partial charge >= 0.3 is 5.97 Å². The lowest BCUT2D eigenvalue weighted by Crippen LogP contribution is -2.46. The lowest BCUT2D eigenvalue weighted by atomic mass is 9.95. The second kappa shape index (κ2) is 10.8. The minimum absolute atomic E-state index is 0.0162. The van der Waals surface area contributed by atoms with Crippen molar-refractivity contribution in [3.05, 3.63) is 61.9 Å². The predicted molar refractivity (Wildman–Crippen MR) is 126 cm³/mol. The number of hydrogen-bond donors (Lipinski definition) is 3. The maximum absolute atomic E-state index is 13.7. The summed E-state index contributed by atoms with van der Waals surface area (Å²) in [4.78, 5) is 23.6. The molecule has 0 radical (unpaired) electrons. The van der Waals surface area contributed by atoms with Crippen molar-refractivity contribution in [3.63, 3.8) is 0 Å². The Hall–Kier alpha value is -2.18. The molecule has 1 fully saturated rings. The van der Waals surface area contributed by atoms with Crippen molar-refractivity contribution in [1.29, 1.82) is 0 Å². The standard InChI is InChI=1S/C22H24BrFN4O4S/c23-16-10-13(24)3-4-15(16)19-18(22(30)31)17(26-20(27-19)21-25-5-9-33-21)12-28-6-8-32-14(11-28)2-1-7-29/h3-5,9-10,14,19,29H,1-2,6-8,11-12H2,(H,26,27)(H,30,31). The number of aliphatic hydroxyl groups is 1. The van der Waals surface area contributed by atoms with Gasteiger partial charge in [-0.1, -0.05) is 22.0 Å². The van der Waals surface area contributed by atoms with Gasteiger partial charge in [-0.3, -0.25) is 9.89 Å². The second-order valence-corrected chi connectivity index (χ2v) is 9.55. The maximum Gasteiger partial charge on any atom is 0.335 e. The van der Waals surface area contributed by atoms with Crippen LogP contribution in [0.2, 0.25) is 0 Å². The monoisotopic (exact) mass is 538 g/mol. The zero-order valence-corrected chi connectivity index (χ0v) is 20.1. The molecule has 1 aromatic carbocycles. The number of benzene rings is 1. The number of carboxylic acids is 1. The van der Waals surface area contributed by atoms with Crippen molar-refractivity contribution >= 4 is 39.1 Å². The SMILES string of the molecule is O=C(O)C1=C(CN2CCOC(CCCO)C2)NC(c2nccs2)=NC1c1ccc(F)cc1Br. The van der Waals surface area contributed by atoms with Gasteiger partial charge in [0.2, 0.25) is 0 Å². The van der Waals surface area contributed by atoms with Gasteiger partial charge in [0.25, 0.3) is 0 Å². The topological polar surface area (TPSA) is 107 Å². The summed E-state index contributed by atoms with van der Waals surface area (Å²) in [6, 6.07) is 3.33. The molecule has 8 nitrogen and oxygen atoms in total. The Kier molecular flexibility index (Phi) is 7.86. The molecule has 3 N–H and O–H groups in total. The minimum Gasteiger partial charge on any atom is -0.478 e. The van der Waals surface area contributed by atoms with E-state index in [1.165, 1.54) is 23.5 Å². The molecule has 2 aliphatic rings.